The average molecular weight is 225 g/mol. The summed E-state index contributed by atoms with van der Waals surface area (Å²) < 4.78 is 0. The predicted molar refractivity (Wildman–Crippen MR) is 73.4 cm³/mol. The Kier molecular flexibility index (Phi) is 3.40. The highest BCUT2D eigenvalue weighted by molar-refractivity contribution is 6.11. The number of hydrogen-bond donors (Lipinski definition) is 2. The molecule has 86 valence electrons. The van der Waals surface area contributed by atoms with E-state index in [0.29, 0.717) is 0 Å². The highest BCUT2D eigenvalue weighted by Gasteiger charge is 2.05. The van der Waals surface area contributed by atoms with Gasteiger partial charge in [-0.15, -0.1) is 0 Å². The third-order valence-corrected chi connectivity index (χ3v) is 2.48. The summed E-state index contributed by atoms with van der Waals surface area (Å²) in [5.41, 5.74) is 8.56. The number of benzene rings is 2. The van der Waals surface area contributed by atoms with E-state index in [4.69, 9.17) is 5.73 Å². The van der Waals surface area contributed by atoms with Crippen LogP contribution in [-0.4, -0.2) is 12.9 Å². The van der Waals surface area contributed by atoms with E-state index in [1.54, 1.807) is 7.05 Å². The highest BCUT2D eigenvalue weighted by Crippen LogP contribution is 2.14. The van der Waals surface area contributed by atoms with Gasteiger partial charge in [-0.05, 0) is 24.3 Å². The van der Waals surface area contributed by atoms with Crippen molar-refractivity contribution < 1.29 is 0 Å². The van der Waals surface area contributed by atoms with Gasteiger partial charge in [0.2, 0.25) is 0 Å². The molecule has 3 N–H and O–H groups in total. The number of nitrogen functional groups attached to an aromatic ring is 1. The molecule has 3 heteroatoms. The second kappa shape index (κ2) is 5.16. The zero-order chi connectivity index (χ0) is 12.1. The Labute approximate surface area is 101 Å². The van der Waals surface area contributed by atoms with Crippen molar-refractivity contribution in [2.24, 2.45) is 4.99 Å². The molecule has 17 heavy (non-hydrogen) atoms. The topological polar surface area (TPSA) is 50.4 Å². The molecule has 0 bridgehead atoms. The molecule has 0 aliphatic rings. The minimum atomic E-state index is 0.719. The summed E-state index contributed by atoms with van der Waals surface area (Å²) in [6.07, 6.45) is 0. The summed E-state index contributed by atoms with van der Waals surface area (Å²) >= 11 is 0. The molecule has 0 atom stereocenters. The maximum atomic E-state index is 5.93. The van der Waals surface area contributed by atoms with Gasteiger partial charge in [-0.1, -0.05) is 30.3 Å². The maximum absolute atomic E-state index is 5.93. The largest absolute Gasteiger partial charge is 0.398 e. The van der Waals surface area contributed by atoms with E-state index in [9.17, 15) is 0 Å². The number of nitrogens with one attached hydrogen (secondary N) is 1. The van der Waals surface area contributed by atoms with Gasteiger partial charge in [-0.3, -0.25) is 4.99 Å². The monoisotopic (exact) mass is 225 g/mol. The quantitative estimate of drug-likeness (QED) is 0.469. The summed E-state index contributed by atoms with van der Waals surface area (Å²) in [6.45, 7) is 0. The van der Waals surface area contributed by atoms with Crippen LogP contribution in [0.3, 0.4) is 0 Å². The summed E-state index contributed by atoms with van der Waals surface area (Å²) in [7, 11) is 1.75. The van der Waals surface area contributed by atoms with Crippen molar-refractivity contribution in [3.63, 3.8) is 0 Å². The van der Waals surface area contributed by atoms with Crippen LogP contribution in [0, 0.1) is 0 Å². The number of anilines is 2. The standard InChI is InChI=1S/C14H15N3/c1-16-14(12-9-5-6-10-13(12)15)17-11-7-3-2-4-8-11/h2-10H,15H2,1H3,(H,16,17). The van der Waals surface area contributed by atoms with Gasteiger partial charge in [0.25, 0.3) is 0 Å². The molecule has 0 radical (unpaired) electrons. The smallest absolute Gasteiger partial charge is 0.134 e. The van der Waals surface area contributed by atoms with Crippen LogP contribution in [0.5, 0.6) is 0 Å². The fraction of sp³-hybridized carbons (Fsp3) is 0.0714. The first-order valence-electron chi connectivity index (χ1n) is 5.45. The van der Waals surface area contributed by atoms with E-state index in [-0.39, 0.29) is 0 Å². The molecule has 0 spiro atoms. The lowest BCUT2D eigenvalue weighted by atomic mass is 10.1. The van der Waals surface area contributed by atoms with Gasteiger partial charge in [0.1, 0.15) is 5.84 Å². The van der Waals surface area contributed by atoms with Gasteiger partial charge >= 0.3 is 0 Å². The third-order valence-electron chi connectivity index (χ3n) is 2.48. The van der Waals surface area contributed by atoms with E-state index >= 15 is 0 Å². The Bertz CT molecular complexity index is 518. The Morgan fingerprint density at radius 3 is 2.29 bits per heavy atom. The van der Waals surface area contributed by atoms with Crippen molar-refractivity contribution in [1.29, 1.82) is 0 Å². The summed E-state index contributed by atoms with van der Waals surface area (Å²) in [6, 6.07) is 17.6. The van der Waals surface area contributed by atoms with Crippen LogP contribution < -0.4 is 11.1 Å². The minimum Gasteiger partial charge on any atom is -0.398 e. The lowest BCUT2D eigenvalue weighted by Crippen LogP contribution is -2.15. The number of hydrogen-bond acceptors (Lipinski definition) is 2. The average Bonchev–Trinajstić information content (AvgIpc) is 2.38. The molecule has 0 fully saturated rings. The minimum absolute atomic E-state index is 0.719. The Morgan fingerprint density at radius 1 is 1.00 bits per heavy atom. The van der Waals surface area contributed by atoms with E-state index in [2.05, 4.69) is 10.3 Å². The van der Waals surface area contributed by atoms with E-state index < -0.39 is 0 Å². The van der Waals surface area contributed by atoms with Crippen molar-refractivity contribution in [3.8, 4) is 0 Å². The second-order valence-corrected chi connectivity index (χ2v) is 3.65. The van der Waals surface area contributed by atoms with Crippen molar-refractivity contribution in [2.75, 3.05) is 18.1 Å². The molecule has 0 aliphatic heterocycles. The molecule has 0 aromatic heterocycles. The Morgan fingerprint density at radius 2 is 1.65 bits per heavy atom. The van der Waals surface area contributed by atoms with Crippen LogP contribution in [0.4, 0.5) is 11.4 Å². The number of rotatable bonds is 2. The molecule has 2 rings (SSSR count). The molecule has 0 amide bonds. The normalized spacial score (nSPS) is 11.2. The van der Waals surface area contributed by atoms with Crippen molar-refractivity contribution >= 4 is 17.2 Å². The summed E-state index contributed by atoms with van der Waals surface area (Å²) in [4.78, 5) is 4.24. The van der Waals surface area contributed by atoms with Crippen molar-refractivity contribution in [1.82, 2.24) is 0 Å². The molecule has 0 saturated carbocycles. The maximum Gasteiger partial charge on any atom is 0.134 e. The number of aliphatic imine (C=N–C) groups is 1. The van der Waals surface area contributed by atoms with Crippen LogP contribution in [0.1, 0.15) is 5.56 Å². The summed E-state index contributed by atoms with van der Waals surface area (Å²) in [5.74, 6) is 0.772. The number of para-hydroxylation sites is 2. The fourth-order valence-corrected chi connectivity index (χ4v) is 1.61. The van der Waals surface area contributed by atoms with Gasteiger partial charge in [0.15, 0.2) is 0 Å². The van der Waals surface area contributed by atoms with E-state index in [0.717, 1.165) is 22.8 Å². The zero-order valence-corrected chi connectivity index (χ0v) is 9.72. The molecule has 3 nitrogen and oxygen atoms in total. The summed E-state index contributed by atoms with van der Waals surface area (Å²) in [5, 5.41) is 3.26. The van der Waals surface area contributed by atoms with Gasteiger partial charge in [0.05, 0.1) is 0 Å². The first-order chi connectivity index (χ1) is 8.31. The fourth-order valence-electron chi connectivity index (χ4n) is 1.61. The van der Waals surface area contributed by atoms with Crippen molar-refractivity contribution in [2.45, 2.75) is 0 Å². The van der Waals surface area contributed by atoms with E-state index in [1.165, 1.54) is 0 Å². The van der Waals surface area contributed by atoms with Crippen molar-refractivity contribution in [3.05, 3.63) is 60.2 Å². The third kappa shape index (κ3) is 2.64. The highest BCUT2D eigenvalue weighted by atomic mass is 15.0. The molecule has 0 heterocycles. The van der Waals surface area contributed by atoms with E-state index in [1.807, 2.05) is 54.6 Å². The molecule has 2 aromatic carbocycles. The number of nitrogens with two attached hydrogens (primary N) is 1. The first-order valence-corrected chi connectivity index (χ1v) is 5.45. The molecule has 0 saturated heterocycles. The predicted octanol–water partition coefficient (Wildman–Crippen LogP) is 2.76. The molecule has 0 unspecified atom stereocenters. The molecule has 0 aliphatic carbocycles. The number of amidine groups is 1. The van der Waals surface area contributed by atoms with Crippen LogP contribution >= 0.6 is 0 Å². The van der Waals surface area contributed by atoms with Crippen LogP contribution in [0.15, 0.2) is 59.6 Å². The van der Waals surface area contributed by atoms with Gasteiger partial charge < -0.3 is 11.1 Å². The van der Waals surface area contributed by atoms with Gasteiger partial charge in [0, 0.05) is 24.0 Å². The second-order valence-electron chi connectivity index (χ2n) is 3.65. The molecule has 2 aromatic rings. The Hall–Kier alpha value is -2.29. The SMILES string of the molecule is CN=C(Nc1ccccc1)c1ccccc1N. The van der Waals surface area contributed by atoms with Crippen LogP contribution in [-0.2, 0) is 0 Å². The molecular weight excluding hydrogens is 210 g/mol. The van der Waals surface area contributed by atoms with Gasteiger partial charge in [-0.2, -0.15) is 0 Å². The van der Waals surface area contributed by atoms with Crippen LogP contribution in [0.25, 0.3) is 0 Å². The lowest BCUT2D eigenvalue weighted by Gasteiger charge is -2.11. The Balaban J connectivity index is 2.28. The first kappa shape index (κ1) is 11.2. The number of nitrogens with zero attached hydrogens (tertiary/aromatic N) is 1. The zero-order valence-electron chi connectivity index (χ0n) is 9.72. The molecular formula is C14H15N3. The van der Waals surface area contributed by atoms with Crippen LogP contribution in [0.2, 0.25) is 0 Å². The lowest BCUT2D eigenvalue weighted by molar-refractivity contribution is 1.40. The van der Waals surface area contributed by atoms with Gasteiger partial charge in [-0.25, -0.2) is 0 Å².